The van der Waals surface area contributed by atoms with Crippen LogP contribution in [-0.4, -0.2) is 38.9 Å². The molecular formula is C19H22N3O2S+. The smallest absolute Gasteiger partial charge is 0.244 e. The van der Waals surface area contributed by atoms with E-state index in [-0.39, 0.29) is 10.5 Å². The van der Waals surface area contributed by atoms with Crippen molar-refractivity contribution in [1.82, 2.24) is 4.31 Å². The zero-order valence-electron chi connectivity index (χ0n) is 14.3. The van der Waals surface area contributed by atoms with E-state index < -0.39 is 10.0 Å². The van der Waals surface area contributed by atoms with Crippen molar-refractivity contribution in [2.45, 2.75) is 18.4 Å². The van der Waals surface area contributed by atoms with Crippen LogP contribution < -0.4 is 4.90 Å². The molecule has 0 aromatic heterocycles. The predicted octanol–water partition coefficient (Wildman–Crippen LogP) is 0.956. The second kappa shape index (κ2) is 7.36. The summed E-state index contributed by atoms with van der Waals surface area (Å²) in [4.78, 5) is 1.49. The fourth-order valence-corrected chi connectivity index (χ4v) is 4.80. The molecule has 0 atom stereocenters. The van der Waals surface area contributed by atoms with E-state index in [0.29, 0.717) is 13.1 Å². The standard InChI is InChI=1S/C19H21N3O2S/c1-16-6-2-3-8-18(16)15-21-10-12-22(13-11-21)25(23,24)19-9-5-4-7-17(19)14-20/h2-9H,10-13,15H2,1H3/p+1. The van der Waals surface area contributed by atoms with Gasteiger partial charge in [-0.05, 0) is 24.6 Å². The van der Waals surface area contributed by atoms with E-state index in [1.54, 1.807) is 18.2 Å². The molecule has 1 saturated heterocycles. The van der Waals surface area contributed by atoms with E-state index >= 15 is 0 Å². The maximum absolute atomic E-state index is 12.9. The van der Waals surface area contributed by atoms with Crippen molar-refractivity contribution in [2.24, 2.45) is 0 Å². The van der Waals surface area contributed by atoms with Gasteiger partial charge < -0.3 is 4.90 Å². The Balaban J connectivity index is 1.70. The second-order valence-electron chi connectivity index (χ2n) is 6.37. The van der Waals surface area contributed by atoms with Gasteiger partial charge in [0, 0.05) is 5.56 Å². The van der Waals surface area contributed by atoms with Crippen molar-refractivity contribution in [3.8, 4) is 6.07 Å². The minimum absolute atomic E-state index is 0.111. The Morgan fingerprint density at radius 1 is 1.08 bits per heavy atom. The van der Waals surface area contributed by atoms with Crippen molar-refractivity contribution in [1.29, 1.82) is 5.26 Å². The quantitative estimate of drug-likeness (QED) is 0.887. The molecule has 1 aliphatic rings. The summed E-state index contributed by atoms with van der Waals surface area (Å²) in [7, 11) is -3.61. The molecule has 130 valence electrons. The van der Waals surface area contributed by atoms with Gasteiger partial charge in [0.25, 0.3) is 0 Å². The van der Waals surface area contributed by atoms with Gasteiger partial charge in [0.15, 0.2) is 0 Å². The number of nitrogens with one attached hydrogen (secondary N) is 1. The van der Waals surface area contributed by atoms with Gasteiger partial charge in [0.2, 0.25) is 10.0 Å². The third-order valence-electron chi connectivity index (χ3n) is 4.76. The molecule has 25 heavy (non-hydrogen) atoms. The topological polar surface area (TPSA) is 65.6 Å². The first-order valence-electron chi connectivity index (χ1n) is 8.40. The highest BCUT2D eigenvalue weighted by atomic mass is 32.2. The molecule has 2 aromatic rings. The molecule has 0 amide bonds. The van der Waals surface area contributed by atoms with Gasteiger partial charge in [-0.15, -0.1) is 0 Å². The number of nitrogens with zero attached hydrogens (tertiary/aromatic N) is 2. The number of nitriles is 1. The molecule has 0 radical (unpaired) electrons. The molecule has 3 rings (SSSR count). The van der Waals surface area contributed by atoms with Crippen molar-refractivity contribution >= 4 is 10.0 Å². The van der Waals surface area contributed by atoms with E-state index in [0.717, 1.165) is 19.6 Å². The third-order valence-corrected chi connectivity index (χ3v) is 6.71. The number of sulfonamides is 1. The predicted molar refractivity (Wildman–Crippen MR) is 95.5 cm³/mol. The summed E-state index contributed by atoms with van der Waals surface area (Å²) in [5.74, 6) is 0. The minimum atomic E-state index is -3.61. The Morgan fingerprint density at radius 2 is 1.72 bits per heavy atom. The first-order valence-corrected chi connectivity index (χ1v) is 9.84. The van der Waals surface area contributed by atoms with Crippen LogP contribution in [0.25, 0.3) is 0 Å². The number of benzene rings is 2. The van der Waals surface area contributed by atoms with E-state index in [1.807, 2.05) is 18.2 Å². The minimum Gasteiger partial charge on any atom is -0.329 e. The summed E-state index contributed by atoms with van der Waals surface area (Å²) < 4.78 is 27.2. The molecule has 1 aliphatic heterocycles. The van der Waals surface area contributed by atoms with Crippen LogP contribution in [0.1, 0.15) is 16.7 Å². The first kappa shape index (κ1) is 17.6. The average Bonchev–Trinajstić information content (AvgIpc) is 2.64. The van der Waals surface area contributed by atoms with Crippen LogP contribution >= 0.6 is 0 Å². The van der Waals surface area contributed by atoms with Crippen LogP contribution in [0.15, 0.2) is 53.4 Å². The Labute approximate surface area is 149 Å². The summed E-state index contributed by atoms with van der Waals surface area (Å²) in [6.45, 7) is 5.50. The van der Waals surface area contributed by atoms with E-state index in [9.17, 15) is 13.7 Å². The fraction of sp³-hybridized carbons (Fsp3) is 0.316. The first-order chi connectivity index (χ1) is 12.0. The highest BCUT2D eigenvalue weighted by Crippen LogP contribution is 2.19. The van der Waals surface area contributed by atoms with Crippen LogP contribution in [0.4, 0.5) is 0 Å². The zero-order chi connectivity index (χ0) is 17.9. The van der Waals surface area contributed by atoms with Gasteiger partial charge in [-0.3, -0.25) is 0 Å². The molecule has 1 heterocycles. The largest absolute Gasteiger partial charge is 0.329 e. The number of hydrogen-bond donors (Lipinski definition) is 1. The monoisotopic (exact) mass is 356 g/mol. The van der Waals surface area contributed by atoms with Crippen molar-refractivity contribution in [3.63, 3.8) is 0 Å². The molecule has 0 spiro atoms. The number of rotatable bonds is 4. The molecule has 0 bridgehead atoms. The average molecular weight is 356 g/mol. The van der Waals surface area contributed by atoms with Gasteiger partial charge in [-0.25, -0.2) is 8.42 Å². The summed E-state index contributed by atoms with van der Waals surface area (Å²) in [5.41, 5.74) is 2.79. The lowest BCUT2D eigenvalue weighted by molar-refractivity contribution is -0.917. The van der Waals surface area contributed by atoms with E-state index in [4.69, 9.17) is 0 Å². The van der Waals surface area contributed by atoms with Gasteiger partial charge in [-0.1, -0.05) is 36.4 Å². The lowest BCUT2D eigenvalue weighted by Crippen LogP contribution is -3.13. The SMILES string of the molecule is Cc1ccccc1C[NH+]1CCN(S(=O)(=O)c2ccccc2C#N)CC1. The lowest BCUT2D eigenvalue weighted by Gasteiger charge is -2.32. The van der Waals surface area contributed by atoms with E-state index in [2.05, 4.69) is 19.1 Å². The molecule has 6 heteroatoms. The summed E-state index contributed by atoms with van der Waals surface area (Å²) in [5, 5.41) is 9.18. The van der Waals surface area contributed by atoms with Crippen LogP contribution in [0.2, 0.25) is 0 Å². The molecule has 2 aromatic carbocycles. The Bertz CT molecular complexity index is 895. The van der Waals surface area contributed by atoms with Crippen LogP contribution in [0, 0.1) is 18.3 Å². The lowest BCUT2D eigenvalue weighted by atomic mass is 10.1. The maximum atomic E-state index is 12.9. The van der Waals surface area contributed by atoms with Crippen molar-refractivity contribution in [3.05, 3.63) is 65.2 Å². The van der Waals surface area contributed by atoms with Gasteiger partial charge in [-0.2, -0.15) is 9.57 Å². The zero-order valence-corrected chi connectivity index (χ0v) is 15.1. The fourth-order valence-electron chi connectivity index (χ4n) is 3.22. The highest BCUT2D eigenvalue weighted by Gasteiger charge is 2.31. The molecule has 0 unspecified atom stereocenters. The number of piperazine rings is 1. The van der Waals surface area contributed by atoms with Gasteiger partial charge in [0.05, 0.1) is 36.6 Å². The number of quaternary nitrogens is 1. The third kappa shape index (κ3) is 3.74. The van der Waals surface area contributed by atoms with Gasteiger partial charge in [0.1, 0.15) is 12.6 Å². The Morgan fingerprint density at radius 3 is 2.40 bits per heavy atom. The second-order valence-corrected chi connectivity index (χ2v) is 8.27. The van der Waals surface area contributed by atoms with Crippen LogP contribution in [0.5, 0.6) is 0 Å². The normalized spacial score (nSPS) is 16.5. The summed E-state index contributed by atoms with van der Waals surface area (Å²) in [6.07, 6.45) is 0. The Hall–Kier alpha value is -2.20. The molecule has 1 N–H and O–H groups in total. The molecular weight excluding hydrogens is 334 g/mol. The number of aryl methyl sites for hydroxylation is 1. The van der Waals surface area contributed by atoms with E-state index in [1.165, 1.54) is 26.4 Å². The van der Waals surface area contributed by atoms with Crippen LogP contribution in [-0.2, 0) is 16.6 Å². The summed E-state index contributed by atoms with van der Waals surface area (Å²) in [6, 6.07) is 16.7. The van der Waals surface area contributed by atoms with Gasteiger partial charge >= 0.3 is 0 Å². The Kier molecular flexibility index (Phi) is 5.19. The highest BCUT2D eigenvalue weighted by molar-refractivity contribution is 7.89. The van der Waals surface area contributed by atoms with Crippen molar-refractivity contribution < 1.29 is 13.3 Å². The van der Waals surface area contributed by atoms with Crippen LogP contribution in [0.3, 0.4) is 0 Å². The molecule has 0 aliphatic carbocycles. The summed E-state index contributed by atoms with van der Waals surface area (Å²) >= 11 is 0. The number of hydrogen-bond acceptors (Lipinski definition) is 3. The molecule has 5 nitrogen and oxygen atoms in total. The molecule has 1 fully saturated rings. The van der Waals surface area contributed by atoms with Crippen molar-refractivity contribution in [2.75, 3.05) is 26.2 Å². The molecule has 0 saturated carbocycles. The maximum Gasteiger partial charge on any atom is 0.244 e.